The van der Waals surface area contributed by atoms with Crippen LogP contribution in [0.4, 0.5) is 10.6 Å². The van der Waals surface area contributed by atoms with E-state index < -0.39 is 15.6 Å². The van der Waals surface area contributed by atoms with E-state index in [2.05, 4.69) is 4.98 Å². The molecule has 2 aliphatic rings. The highest BCUT2D eigenvalue weighted by Gasteiger charge is 2.36. The van der Waals surface area contributed by atoms with E-state index in [0.29, 0.717) is 17.3 Å². The highest BCUT2D eigenvalue weighted by atomic mass is 32.2. The van der Waals surface area contributed by atoms with Crippen molar-refractivity contribution in [2.75, 3.05) is 11.4 Å². The van der Waals surface area contributed by atoms with Crippen molar-refractivity contribution >= 4 is 21.9 Å². The normalized spacial score (nSPS) is 20.2. The molecule has 7 nitrogen and oxygen atoms in total. The van der Waals surface area contributed by atoms with Crippen LogP contribution in [-0.2, 0) is 14.8 Å². The Bertz CT molecular complexity index is 1130. The first-order chi connectivity index (χ1) is 17.1. The molecule has 4 rings (SSSR count). The molecule has 0 spiro atoms. The van der Waals surface area contributed by atoms with Crippen molar-refractivity contribution in [2.45, 2.75) is 102 Å². The summed E-state index contributed by atoms with van der Waals surface area (Å²) in [5.41, 5.74) is 1.27. The molecule has 2 fully saturated rings. The Morgan fingerprint density at radius 2 is 1.64 bits per heavy atom. The lowest BCUT2D eigenvalue weighted by Crippen LogP contribution is -2.45. The number of sulfonamides is 1. The molecular weight excluding hydrogens is 474 g/mol. The summed E-state index contributed by atoms with van der Waals surface area (Å²) in [6, 6.07) is 10.6. The lowest BCUT2D eigenvalue weighted by Gasteiger charge is -2.36. The van der Waals surface area contributed by atoms with Gasteiger partial charge in [0.1, 0.15) is 11.4 Å². The van der Waals surface area contributed by atoms with Crippen molar-refractivity contribution in [3.8, 4) is 0 Å². The predicted molar refractivity (Wildman–Crippen MR) is 141 cm³/mol. The first kappa shape index (κ1) is 26.6. The van der Waals surface area contributed by atoms with Crippen molar-refractivity contribution in [1.82, 2.24) is 9.29 Å². The van der Waals surface area contributed by atoms with E-state index in [1.807, 2.05) is 52.0 Å². The van der Waals surface area contributed by atoms with Gasteiger partial charge in [-0.25, -0.2) is 18.2 Å². The number of pyridine rings is 1. The van der Waals surface area contributed by atoms with Crippen LogP contribution in [0, 0.1) is 6.92 Å². The van der Waals surface area contributed by atoms with Crippen LogP contribution in [-0.4, -0.2) is 42.0 Å². The molecule has 1 aliphatic heterocycles. The van der Waals surface area contributed by atoms with Gasteiger partial charge in [-0.05, 0) is 77.1 Å². The van der Waals surface area contributed by atoms with Gasteiger partial charge < -0.3 is 4.74 Å². The smallest absolute Gasteiger partial charge is 0.416 e. The zero-order valence-electron chi connectivity index (χ0n) is 21.9. The number of hydrogen-bond donors (Lipinski definition) is 0. The van der Waals surface area contributed by atoms with Crippen molar-refractivity contribution in [2.24, 2.45) is 0 Å². The molecule has 1 aromatic heterocycles. The number of carbonyl (C=O) groups is 1. The first-order valence-electron chi connectivity index (χ1n) is 13.1. The van der Waals surface area contributed by atoms with Crippen molar-refractivity contribution in [1.29, 1.82) is 0 Å². The molecule has 2 aromatic rings. The third kappa shape index (κ3) is 6.09. The summed E-state index contributed by atoms with van der Waals surface area (Å²) in [5, 5.41) is 0. The van der Waals surface area contributed by atoms with Crippen molar-refractivity contribution < 1.29 is 17.9 Å². The molecular formula is C28H39N3O4S. The fourth-order valence-electron chi connectivity index (χ4n) is 5.19. The minimum atomic E-state index is -3.63. The third-order valence-corrected chi connectivity index (χ3v) is 8.94. The number of carbonyl (C=O) groups excluding carboxylic acids is 1. The zero-order chi connectivity index (χ0) is 25.9. The number of anilines is 1. The molecule has 1 amide bonds. The number of aromatic nitrogens is 1. The predicted octanol–water partition coefficient (Wildman–Crippen LogP) is 6.38. The maximum atomic E-state index is 13.5. The number of benzene rings is 1. The molecule has 1 saturated heterocycles. The number of rotatable bonds is 5. The van der Waals surface area contributed by atoms with E-state index in [4.69, 9.17) is 4.74 Å². The van der Waals surface area contributed by atoms with E-state index >= 15 is 0 Å². The molecule has 2 heterocycles. The molecule has 0 N–H and O–H groups in total. The van der Waals surface area contributed by atoms with Gasteiger partial charge in [0.25, 0.3) is 0 Å². The average Bonchev–Trinajstić information content (AvgIpc) is 2.84. The number of hydrogen-bond acceptors (Lipinski definition) is 5. The second kappa shape index (κ2) is 10.9. The van der Waals surface area contributed by atoms with Crippen LogP contribution in [0.15, 0.2) is 47.5 Å². The summed E-state index contributed by atoms with van der Waals surface area (Å²) < 4.78 is 34.4. The molecule has 0 unspecified atom stereocenters. The van der Waals surface area contributed by atoms with Crippen LogP contribution in [0.25, 0.3) is 0 Å². The van der Waals surface area contributed by atoms with E-state index in [9.17, 15) is 13.2 Å². The van der Waals surface area contributed by atoms with E-state index in [1.165, 1.54) is 6.42 Å². The maximum Gasteiger partial charge on any atom is 0.416 e. The van der Waals surface area contributed by atoms with Crippen LogP contribution < -0.4 is 4.90 Å². The number of ether oxygens (including phenoxy) is 1. The van der Waals surface area contributed by atoms with Gasteiger partial charge in [-0.1, -0.05) is 49.4 Å². The van der Waals surface area contributed by atoms with Gasteiger partial charge in [0, 0.05) is 18.8 Å². The van der Waals surface area contributed by atoms with Gasteiger partial charge in [0.2, 0.25) is 10.0 Å². The van der Waals surface area contributed by atoms with Gasteiger partial charge in [-0.15, -0.1) is 0 Å². The minimum absolute atomic E-state index is 0.0556. The third-order valence-electron chi connectivity index (χ3n) is 7.01. The number of aryl methyl sites for hydroxylation is 1. The van der Waals surface area contributed by atoms with Crippen LogP contribution in [0.5, 0.6) is 0 Å². The Morgan fingerprint density at radius 1 is 0.972 bits per heavy atom. The Labute approximate surface area is 215 Å². The lowest BCUT2D eigenvalue weighted by molar-refractivity contribution is 0.0556. The quantitative estimate of drug-likeness (QED) is 0.463. The van der Waals surface area contributed by atoms with E-state index in [-0.39, 0.29) is 18.2 Å². The zero-order valence-corrected chi connectivity index (χ0v) is 22.8. The maximum absolute atomic E-state index is 13.5. The Kier molecular flexibility index (Phi) is 8.05. The molecule has 8 heteroatoms. The fraction of sp³-hybridized carbons (Fsp3) is 0.571. The van der Waals surface area contributed by atoms with Gasteiger partial charge in [0.05, 0.1) is 10.9 Å². The van der Waals surface area contributed by atoms with E-state index in [0.717, 1.165) is 56.1 Å². The van der Waals surface area contributed by atoms with Crippen molar-refractivity contribution in [3.63, 3.8) is 0 Å². The van der Waals surface area contributed by atoms with Crippen molar-refractivity contribution in [3.05, 3.63) is 53.7 Å². The van der Waals surface area contributed by atoms with Gasteiger partial charge in [0.15, 0.2) is 0 Å². The Morgan fingerprint density at radius 3 is 2.25 bits per heavy atom. The van der Waals surface area contributed by atoms with Crippen LogP contribution in [0.1, 0.15) is 89.3 Å². The van der Waals surface area contributed by atoms with Crippen LogP contribution in [0.2, 0.25) is 0 Å². The number of amides is 1. The SMILES string of the molecule is Cc1ccc(S(=O)(=O)N2CCCC[C@@H]2c2ccc(N(C(=O)OC(C)(C)C)C3CCCCC3)nc2)cc1. The van der Waals surface area contributed by atoms with Gasteiger partial charge in [-0.2, -0.15) is 4.31 Å². The first-order valence-corrected chi connectivity index (χ1v) is 14.6. The molecule has 36 heavy (non-hydrogen) atoms. The summed E-state index contributed by atoms with van der Waals surface area (Å²) in [7, 11) is -3.63. The summed E-state index contributed by atoms with van der Waals surface area (Å²) >= 11 is 0. The number of piperidine rings is 1. The minimum Gasteiger partial charge on any atom is -0.443 e. The average molecular weight is 514 g/mol. The second-order valence-electron chi connectivity index (χ2n) is 11.0. The second-order valence-corrected chi connectivity index (χ2v) is 12.9. The van der Waals surface area contributed by atoms with Crippen LogP contribution in [0.3, 0.4) is 0 Å². The summed E-state index contributed by atoms with van der Waals surface area (Å²) in [6.07, 6.45) is 9.08. The topological polar surface area (TPSA) is 79.8 Å². The summed E-state index contributed by atoms with van der Waals surface area (Å²) in [4.78, 5) is 19.9. The van der Waals surface area contributed by atoms with E-state index in [1.54, 1.807) is 27.5 Å². The molecule has 196 valence electrons. The fourth-order valence-corrected chi connectivity index (χ4v) is 6.87. The molecule has 0 radical (unpaired) electrons. The Hall–Kier alpha value is -2.45. The largest absolute Gasteiger partial charge is 0.443 e. The summed E-state index contributed by atoms with van der Waals surface area (Å²) in [6.45, 7) is 8.03. The standard InChI is InChI=1S/C28H39N3O4S/c1-21-13-16-24(17-14-21)36(33,34)30-19-9-8-12-25(30)22-15-18-26(29-20-22)31(23-10-6-5-7-11-23)27(32)35-28(2,3)4/h13-18,20,23,25H,5-12,19H2,1-4H3/t25-/m1/s1. The van der Waals surface area contributed by atoms with Crippen LogP contribution >= 0.6 is 0 Å². The molecule has 0 bridgehead atoms. The van der Waals surface area contributed by atoms with Gasteiger partial charge >= 0.3 is 6.09 Å². The monoisotopic (exact) mass is 513 g/mol. The highest BCUT2D eigenvalue weighted by Crippen LogP contribution is 2.36. The number of nitrogens with zero attached hydrogens (tertiary/aromatic N) is 3. The molecule has 1 saturated carbocycles. The Balaban J connectivity index is 1.61. The van der Waals surface area contributed by atoms with Gasteiger partial charge in [-0.3, -0.25) is 4.90 Å². The summed E-state index contributed by atoms with van der Waals surface area (Å²) in [5.74, 6) is 0.559. The molecule has 1 aliphatic carbocycles. The lowest BCUT2D eigenvalue weighted by atomic mass is 9.94. The highest BCUT2D eigenvalue weighted by molar-refractivity contribution is 7.89. The molecule has 1 atom stereocenters. The molecule has 1 aromatic carbocycles.